The molecule has 1 N–H and O–H groups in total. The third-order valence-corrected chi connectivity index (χ3v) is 6.58. The molecule has 6 heteroatoms. The Kier molecular flexibility index (Phi) is 7.80. The summed E-state index contributed by atoms with van der Waals surface area (Å²) < 4.78 is 7.69. The van der Waals surface area contributed by atoms with E-state index >= 15 is 0 Å². The van der Waals surface area contributed by atoms with Gasteiger partial charge in [0.15, 0.2) is 5.16 Å². The van der Waals surface area contributed by atoms with Crippen LogP contribution < -0.4 is 10.1 Å². The number of hydrogen-bond acceptors (Lipinski definition) is 4. The topological polar surface area (TPSA) is 56.2 Å². The molecule has 0 bridgehead atoms. The van der Waals surface area contributed by atoms with Crippen LogP contribution in [0, 0.1) is 20.8 Å². The number of hydrogen-bond donors (Lipinski definition) is 1. The Hall–Kier alpha value is -2.73. The van der Waals surface area contributed by atoms with E-state index in [1.54, 1.807) is 7.11 Å². The molecule has 0 fully saturated rings. The lowest BCUT2D eigenvalue weighted by molar-refractivity contribution is -0.115. The fraction of sp³-hybridized carbons (Fsp3) is 0.360. The Bertz CT molecular complexity index is 1030. The quantitative estimate of drug-likeness (QED) is 0.412. The molecule has 1 heterocycles. The van der Waals surface area contributed by atoms with Gasteiger partial charge < -0.3 is 14.6 Å². The number of rotatable bonds is 9. The maximum Gasteiger partial charge on any atom is 0.242 e. The van der Waals surface area contributed by atoms with Gasteiger partial charge in [-0.25, -0.2) is 4.98 Å². The van der Waals surface area contributed by atoms with Crippen LogP contribution in [-0.4, -0.2) is 22.6 Å². The van der Waals surface area contributed by atoms with Gasteiger partial charge in [0.1, 0.15) is 11.0 Å². The first-order valence-corrected chi connectivity index (χ1v) is 11.5. The summed E-state index contributed by atoms with van der Waals surface area (Å²) in [4.78, 5) is 18.3. The third-order valence-electron chi connectivity index (χ3n) is 5.33. The molecule has 1 aromatic heterocycles. The van der Waals surface area contributed by atoms with Crippen LogP contribution in [0.3, 0.4) is 0 Å². The summed E-state index contributed by atoms with van der Waals surface area (Å²) in [6, 6.07) is 15.6. The Labute approximate surface area is 189 Å². The summed E-state index contributed by atoms with van der Waals surface area (Å²) in [5.74, 6) is 0.548. The van der Waals surface area contributed by atoms with E-state index in [1.807, 2.05) is 62.4 Å². The number of carbonyl (C=O) groups is 1. The molecule has 3 aromatic rings. The van der Waals surface area contributed by atoms with Crippen molar-refractivity contribution in [2.45, 2.75) is 57.5 Å². The van der Waals surface area contributed by atoms with Crippen LogP contribution in [-0.2, 0) is 11.3 Å². The average molecular weight is 438 g/mol. The van der Waals surface area contributed by atoms with Crippen molar-refractivity contribution in [3.8, 4) is 5.75 Å². The maximum atomic E-state index is 13.5. The van der Waals surface area contributed by atoms with Gasteiger partial charge in [-0.1, -0.05) is 61.5 Å². The number of aryl methyl sites for hydroxylation is 2. The number of imidazole rings is 1. The zero-order valence-corrected chi connectivity index (χ0v) is 19.8. The lowest BCUT2D eigenvalue weighted by Gasteiger charge is -2.19. The zero-order chi connectivity index (χ0) is 22.4. The Balaban J connectivity index is 1.95. The number of benzene rings is 2. The number of nitrogens with one attached hydrogen (secondary N) is 1. The fourth-order valence-electron chi connectivity index (χ4n) is 3.42. The minimum Gasteiger partial charge on any atom is -0.495 e. The predicted molar refractivity (Wildman–Crippen MR) is 128 cm³/mol. The highest BCUT2D eigenvalue weighted by atomic mass is 32.2. The van der Waals surface area contributed by atoms with Crippen LogP contribution >= 0.6 is 11.8 Å². The molecular weight excluding hydrogens is 406 g/mol. The molecule has 31 heavy (non-hydrogen) atoms. The minimum atomic E-state index is -0.437. The van der Waals surface area contributed by atoms with E-state index in [2.05, 4.69) is 23.7 Å². The van der Waals surface area contributed by atoms with Gasteiger partial charge >= 0.3 is 0 Å². The lowest BCUT2D eigenvalue weighted by atomic mass is 10.1. The normalized spacial score (nSPS) is 11.9. The van der Waals surface area contributed by atoms with Crippen molar-refractivity contribution in [1.82, 2.24) is 9.55 Å². The second kappa shape index (κ2) is 10.5. The molecule has 1 amide bonds. The van der Waals surface area contributed by atoms with Gasteiger partial charge in [0.2, 0.25) is 5.91 Å². The molecule has 0 saturated heterocycles. The number of amides is 1. The maximum absolute atomic E-state index is 13.5. The van der Waals surface area contributed by atoms with Crippen LogP contribution in [0.15, 0.2) is 53.7 Å². The van der Waals surface area contributed by atoms with Gasteiger partial charge in [0.25, 0.3) is 0 Å². The van der Waals surface area contributed by atoms with E-state index in [0.717, 1.165) is 47.1 Å². The van der Waals surface area contributed by atoms with Crippen LogP contribution in [0.1, 0.15) is 47.5 Å². The van der Waals surface area contributed by atoms with Crippen molar-refractivity contribution in [3.63, 3.8) is 0 Å². The minimum absolute atomic E-state index is 0.0968. The average Bonchev–Trinajstić information content (AvgIpc) is 3.03. The Morgan fingerprint density at radius 3 is 2.58 bits per heavy atom. The molecule has 0 aliphatic carbocycles. The van der Waals surface area contributed by atoms with Crippen LogP contribution in [0.4, 0.5) is 5.69 Å². The largest absolute Gasteiger partial charge is 0.495 e. The van der Waals surface area contributed by atoms with Crippen LogP contribution in [0.25, 0.3) is 0 Å². The second-order valence-corrected chi connectivity index (χ2v) is 8.74. The van der Waals surface area contributed by atoms with E-state index in [4.69, 9.17) is 9.72 Å². The summed E-state index contributed by atoms with van der Waals surface area (Å²) in [6.07, 6.45) is 2.18. The van der Waals surface area contributed by atoms with Gasteiger partial charge in [-0.2, -0.15) is 0 Å². The number of methoxy groups -OCH3 is 1. The first-order valence-electron chi connectivity index (χ1n) is 10.7. The molecule has 0 aliphatic heterocycles. The highest BCUT2D eigenvalue weighted by Gasteiger charge is 2.26. The molecule has 1 atom stereocenters. The summed E-state index contributed by atoms with van der Waals surface area (Å²) in [7, 11) is 1.61. The molecule has 0 spiro atoms. The van der Waals surface area contributed by atoms with Crippen molar-refractivity contribution < 1.29 is 9.53 Å². The van der Waals surface area contributed by atoms with Crippen LogP contribution in [0.2, 0.25) is 0 Å². The highest BCUT2D eigenvalue weighted by molar-refractivity contribution is 8.00. The van der Waals surface area contributed by atoms with Crippen molar-refractivity contribution >= 4 is 23.4 Å². The number of thioether (sulfide) groups is 1. The summed E-state index contributed by atoms with van der Waals surface area (Å²) in [5.41, 5.74) is 4.84. The lowest BCUT2D eigenvalue weighted by Crippen LogP contribution is -2.20. The standard InChI is InChI=1S/C25H31N3O2S/c1-6-7-15-28-19(4)18(3)26-25(28)31-23(20-11-9-8-10-12-20)24(29)27-21-16-17(2)13-14-22(21)30-5/h8-14,16,23H,6-7,15H2,1-5H3,(H,27,29). The molecular formula is C25H31N3O2S. The first-order chi connectivity index (χ1) is 14.9. The number of nitrogens with zero attached hydrogens (tertiary/aromatic N) is 2. The zero-order valence-electron chi connectivity index (χ0n) is 18.9. The Morgan fingerprint density at radius 2 is 1.90 bits per heavy atom. The number of unbranched alkanes of at least 4 members (excludes halogenated alkanes) is 1. The molecule has 164 valence electrons. The van der Waals surface area contributed by atoms with E-state index in [0.29, 0.717) is 11.4 Å². The van der Waals surface area contributed by atoms with E-state index in [9.17, 15) is 4.79 Å². The SMILES string of the molecule is CCCCn1c(SC(C(=O)Nc2cc(C)ccc2OC)c2ccccc2)nc(C)c1C. The first kappa shape index (κ1) is 22.9. The highest BCUT2D eigenvalue weighted by Crippen LogP contribution is 2.37. The monoisotopic (exact) mass is 437 g/mol. The summed E-state index contributed by atoms with van der Waals surface area (Å²) in [6.45, 7) is 9.20. The van der Waals surface area contributed by atoms with Gasteiger partial charge in [0.05, 0.1) is 18.5 Å². The van der Waals surface area contributed by atoms with Gasteiger partial charge in [-0.15, -0.1) is 0 Å². The number of carbonyl (C=O) groups excluding carboxylic acids is 1. The molecule has 0 saturated carbocycles. The van der Waals surface area contributed by atoms with E-state index in [-0.39, 0.29) is 5.91 Å². The summed E-state index contributed by atoms with van der Waals surface area (Å²) >= 11 is 1.50. The van der Waals surface area contributed by atoms with Crippen molar-refractivity contribution in [3.05, 3.63) is 71.0 Å². The van der Waals surface area contributed by atoms with Crippen LogP contribution in [0.5, 0.6) is 5.75 Å². The third kappa shape index (κ3) is 5.50. The number of ether oxygens (including phenoxy) is 1. The molecule has 2 aromatic carbocycles. The smallest absolute Gasteiger partial charge is 0.242 e. The van der Waals surface area contributed by atoms with Crippen molar-refractivity contribution in [2.75, 3.05) is 12.4 Å². The molecule has 3 rings (SSSR count). The molecule has 0 aliphatic rings. The van der Waals surface area contributed by atoms with Gasteiger partial charge in [0, 0.05) is 12.2 Å². The van der Waals surface area contributed by atoms with Gasteiger partial charge in [-0.05, 0) is 50.5 Å². The van der Waals surface area contributed by atoms with E-state index in [1.165, 1.54) is 11.8 Å². The molecule has 5 nitrogen and oxygen atoms in total. The van der Waals surface area contributed by atoms with Crippen molar-refractivity contribution in [2.24, 2.45) is 0 Å². The Morgan fingerprint density at radius 1 is 1.16 bits per heavy atom. The van der Waals surface area contributed by atoms with Crippen molar-refractivity contribution in [1.29, 1.82) is 0 Å². The van der Waals surface area contributed by atoms with Gasteiger partial charge in [-0.3, -0.25) is 4.79 Å². The summed E-state index contributed by atoms with van der Waals surface area (Å²) in [5, 5.41) is 3.52. The molecule has 1 unspecified atom stereocenters. The molecule has 0 radical (unpaired) electrons. The fourth-order valence-corrected chi connectivity index (χ4v) is 4.63. The predicted octanol–water partition coefficient (Wildman–Crippen LogP) is 6.09. The second-order valence-electron chi connectivity index (χ2n) is 7.67. The number of anilines is 1. The van der Waals surface area contributed by atoms with E-state index < -0.39 is 5.25 Å². The number of aromatic nitrogens is 2.